The first-order valence-electron chi connectivity index (χ1n) is 11.2. The van der Waals surface area contributed by atoms with Gasteiger partial charge in [-0.3, -0.25) is 9.69 Å². The van der Waals surface area contributed by atoms with Gasteiger partial charge in [0.25, 0.3) is 0 Å². The number of benzene rings is 1. The number of carbonyl (C=O) groups excluding carboxylic acids is 1. The minimum absolute atomic E-state index is 0.0969. The van der Waals surface area contributed by atoms with Gasteiger partial charge in [-0.25, -0.2) is 0 Å². The second kappa shape index (κ2) is 7.70. The Hall–Kier alpha value is -1.55. The Labute approximate surface area is 169 Å². The highest BCUT2D eigenvalue weighted by Gasteiger charge is 2.51. The predicted octanol–water partition coefficient (Wildman–Crippen LogP) is 3.96. The van der Waals surface area contributed by atoms with Gasteiger partial charge < -0.3 is 10.0 Å². The SMILES string of the molecule is C[C@H]1[C@H]2Cc3ccc(O)cc3[C@@]1(CCCC(=O)N(C)C)CCN2CC1CCC1. The average Bonchev–Trinajstić information content (AvgIpc) is 2.62. The monoisotopic (exact) mass is 384 g/mol. The molecule has 154 valence electrons. The van der Waals surface area contributed by atoms with Crippen molar-refractivity contribution >= 4 is 5.91 Å². The fourth-order valence-electron chi connectivity index (χ4n) is 6.04. The minimum atomic E-state index is 0.0969. The number of nitrogens with zero attached hydrogens (tertiary/aromatic N) is 2. The van der Waals surface area contributed by atoms with Crippen LogP contribution in [0.5, 0.6) is 5.75 Å². The van der Waals surface area contributed by atoms with E-state index in [1.165, 1.54) is 36.9 Å². The molecule has 2 aliphatic carbocycles. The lowest BCUT2D eigenvalue weighted by molar-refractivity contribution is -0.128. The summed E-state index contributed by atoms with van der Waals surface area (Å²) in [5.41, 5.74) is 2.87. The van der Waals surface area contributed by atoms with Crippen molar-refractivity contribution in [1.29, 1.82) is 0 Å². The van der Waals surface area contributed by atoms with Crippen LogP contribution in [-0.2, 0) is 16.6 Å². The summed E-state index contributed by atoms with van der Waals surface area (Å²) in [6.45, 7) is 4.85. The molecule has 1 heterocycles. The highest BCUT2D eigenvalue weighted by Crippen LogP contribution is 2.52. The molecule has 4 nitrogen and oxygen atoms in total. The third-order valence-electron chi connectivity index (χ3n) is 8.05. The minimum Gasteiger partial charge on any atom is -0.508 e. The van der Waals surface area contributed by atoms with Gasteiger partial charge in [0, 0.05) is 38.5 Å². The standard InChI is InChI=1S/C24H36N2O2/c1-17-22-14-19-9-10-20(27)15-21(19)24(17,11-5-8-23(28)25(2)3)12-13-26(22)16-18-6-4-7-18/h9-10,15,17-18,22,27H,4-8,11-14,16H2,1-3H3/t17-,22+,24-/m0/s1. The Morgan fingerprint density at radius 3 is 2.79 bits per heavy atom. The molecule has 1 N–H and O–H groups in total. The van der Waals surface area contributed by atoms with E-state index in [1.54, 1.807) is 4.90 Å². The maximum Gasteiger partial charge on any atom is 0.222 e. The lowest BCUT2D eigenvalue weighted by atomic mass is 9.56. The van der Waals surface area contributed by atoms with Gasteiger partial charge >= 0.3 is 0 Å². The van der Waals surface area contributed by atoms with Crippen LogP contribution in [0.15, 0.2) is 18.2 Å². The summed E-state index contributed by atoms with van der Waals surface area (Å²) in [6, 6.07) is 6.62. The summed E-state index contributed by atoms with van der Waals surface area (Å²) in [5, 5.41) is 10.2. The van der Waals surface area contributed by atoms with E-state index in [0.29, 0.717) is 24.1 Å². The van der Waals surface area contributed by atoms with Crippen LogP contribution in [0, 0.1) is 11.8 Å². The van der Waals surface area contributed by atoms with Crippen LogP contribution in [0.4, 0.5) is 0 Å². The molecule has 3 aliphatic rings. The van der Waals surface area contributed by atoms with Crippen molar-refractivity contribution < 1.29 is 9.90 Å². The Bertz CT molecular complexity index is 727. The fourth-order valence-corrected chi connectivity index (χ4v) is 6.04. The number of fused-ring (bicyclic) bond motifs is 4. The molecule has 4 heteroatoms. The summed E-state index contributed by atoms with van der Waals surface area (Å²) in [5.74, 6) is 2.06. The highest BCUT2D eigenvalue weighted by atomic mass is 16.3. The summed E-state index contributed by atoms with van der Waals surface area (Å²) in [4.78, 5) is 16.6. The molecule has 1 saturated heterocycles. The molecule has 4 rings (SSSR count). The van der Waals surface area contributed by atoms with E-state index in [-0.39, 0.29) is 11.3 Å². The fraction of sp³-hybridized carbons (Fsp3) is 0.708. The zero-order valence-corrected chi connectivity index (χ0v) is 17.8. The van der Waals surface area contributed by atoms with E-state index >= 15 is 0 Å². The number of likely N-dealkylation sites (tertiary alicyclic amines) is 1. The first kappa shape index (κ1) is 19.8. The molecule has 1 saturated carbocycles. The molecular formula is C24H36N2O2. The van der Waals surface area contributed by atoms with Crippen molar-refractivity contribution in [1.82, 2.24) is 9.80 Å². The van der Waals surface area contributed by atoms with Crippen molar-refractivity contribution in [2.24, 2.45) is 11.8 Å². The third kappa shape index (κ3) is 3.45. The lowest BCUT2D eigenvalue weighted by Gasteiger charge is -2.57. The number of phenols is 1. The number of hydrogen-bond donors (Lipinski definition) is 1. The first-order chi connectivity index (χ1) is 13.4. The van der Waals surface area contributed by atoms with Gasteiger partial charge in [0.15, 0.2) is 0 Å². The molecule has 2 fully saturated rings. The zero-order chi connectivity index (χ0) is 19.9. The summed E-state index contributed by atoms with van der Waals surface area (Å²) in [6.07, 6.45) is 9.03. The van der Waals surface area contributed by atoms with Crippen LogP contribution in [0.1, 0.15) is 63.0 Å². The van der Waals surface area contributed by atoms with Crippen molar-refractivity contribution in [3.05, 3.63) is 29.3 Å². The van der Waals surface area contributed by atoms with Gasteiger partial charge in [0.2, 0.25) is 5.91 Å². The number of hydrogen-bond acceptors (Lipinski definition) is 3. The Morgan fingerprint density at radius 1 is 1.32 bits per heavy atom. The maximum atomic E-state index is 12.1. The van der Waals surface area contributed by atoms with Crippen LogP contribution in [0.3, 0.4) is 0 Å². The van der Waals surface area contributed by atoms with Gasteiger partial charge in [0.05, 0.1) is 0 Å². The normalized spacial score (nSPS) is 29.8. The Balaban J connectivity index is 1.59. The highest BCUT2D eigenvalue weighted by molar-refractivity contribution is 5.75. The zero-order valence-electron chi connectivity index (χ0n) is 17.8. The largest absolute Gasteiger partial charge is 0.508 e. The van der Waals surface area contributed by atoms with Gasteiger partial charge in [-0.15, -0.1) is 0 Å². The van der Waals surface area contributed by atoms with Crippen molar-refractivity contribution in [3.63, 3.8) is 0 Å². The van der Waals surface area contributed by atoms with Crippen molar-refractivity contribution in [3.8, 4) is 5.75 Å². The molecule has 2 bridgehead atoms. The average molecular weight is 385 g/mol. The molecule has 1 aliphatic heterocycles. The molecule has 1 aromatic carbocycles. The molecule has 3 atom stereocenters. The summed E-state index contributed by atoms with van der Waals surface area (Å²) < 4.78 is 0. The van der Waals surface area contributed by atoms with E-state index in [2.05, 4.69) is 17.9 Å². The van der Waals surface area contributed by atoms with E-state index in [0.717, 1.165) is 38.1 Å². The number of piperidine rings is 1. The predicted molar refractivity (Wildman–Crippen MR) is 113 cm³/mol. The number of carbonyl (C=O) groups is 1. The molecular weight excluding hydrogens is 348 g/mol. The molecule has 0 unspecified atom stereocenters. The smallest absolute Gasteiger partial charge is 0.222 e. The topological polar surface area (TPSA) is 43.8 Å². The van der Waals surface area contributed by atoms with Crippen molar-refractivity contribution in [2.45, 2.75) is 69.7 Å². The number of amides is 1. The molecule has 0 radical (unpaired) electrons. The third-order valence-corrected chi connectivity index (χ3v) is 8.05. The van der Waals surface area contributed by atoms with Gasteiger partial charge in [-0.05, 0) is 80.2 Å². The molecule has 0 aromatic heterocycles. The molecule has 28 heavy (non-hydrogen) atoms. The van der Waals surface area contributed by atoms with Gasteiger partial charge in [-0.2, -0.15) is 0 Å². The second-order valence-electron chi connectivity index (χ2n) is 9.74. The quantitative estimate of drug-likeness (QED) is 0.807. The molecule has 1 amide bonds. The second-order valence-corrected chi connectivity index (χ2v) is 9.74. The first-order valence-corrected chi connectivity index (χ1v) is 11.2. The van der Waals surface area contributed by atoms with Crippen LogP contribution in [0.25, 0.3) is 0 Å². The summed E-state index contributed by atoms with van der Waals surface area (Å²) >= 11 is 0. The molecule has 0 spiro atoms. The summed E-state index contributed by atoms with van der Waals surface area (Å²) in [7, 11) is 3.68. The Morgan fingerprint density at radius 2 is 2.11 bits per heavy atom. The maximum absolute atomic E-state index is 12.1. The van der Waals surface area contributed by atoms with E-state index in [4.69, 9.17) is 0 Å². The van der Waals surface area contributed by atoms with Gasteiger partial charge in [-0.1, -0.05) is 19.4 Å². The van der Waals surface area contributed by atoms with E-state index < -0.39 is 0 Å². The van der Waals surface area contributed by atoms with E-state index in [9.17, 15) is 9.90 Å². The van der Waals surface area contributed by atoms with Crippen LogP contribution >= 0.6 is 0 Å². The lowest BCUT2D eigenvalue weighted by Crippen LogP contribution is -2.60. The van der Waals surface area contributed by atoms with Crippen molar-refractivity contribution in [2.75, 3.05) is 27.2 Å². The van der Waals surface area contributed by atoms with Crippen LogP contribution < -0.4 is 0 Å². The number of aromatic hydroxyl groups is 1. The van der Waals surface area contributed by atoms with E-state index in [1.807, 2.05) is 26.2 Å². The number of rotatable bonds is 6. The van der Waals surface area contributed by atoms with Crippen LogP contribution in [0.2, 0.25) is 0 Å². The Kier molecular flexibility index (Phi) is 5.43. The van der Waals surface area contributed by atoms with Gasteiger partial charge in [0.1, 0.15) is 5.75 Å². The van der Waals surface area contributed by atoms with Crippen LogP contribution in [-0.4, -0.2) is 54.0 Å². The number of phenolic OH excluding ortho intramolecular Hbond substituents is 1. The molecule has 1 aromatic rings.